The highest BCUT2D eigenvalue weighted by atomic mass is 35.5. The summed E-state index contributed by atoms with van der Waals surface area (Å²) in [4.78, 5) is 4.21. The molecule has 0 aromatic heterocycles. The molecule has 130 valence electrons. The van der Waals surface area contributed by atoms with Gasteiger partial charge in [-0.2, -0.15) is 0 Å². The predicted octanol–water partition coefficient (Wildman–Crippen LogP) is 2.49. The number of guanidine groups is 1. The number of rotatable bonds is 11. The Balaban J connectivity index is 2.04. The average Bonchev–Trinajstić information content (AvgIpc) is 2.57. The molecular formula is C17H28ClN3O2. The van der Waals surface area contributed by atoms with Crippen molar-refractivity contribution in [3.8, 4) is 0 Å². The van der Waals surface area contributed by atoms with E-state index in [9.17, 15) is 0 Å². The third-order valence-electron chi connectivity index (χ3n) is 3.26. The van der Waals surface area contributed by atoms with E-state index in [-0.39, 0.29) is 0 Å². The van der Waals surface area contributed by atoms with Crippen LogP contribution in [0.3, 0.4) is 0 Å². The number of nitrogens with one attached hydrogen (secondary N) is 2. The zero-order chi connectivity index (χ0) is 16.8. The minimum Gasteiger partial charge on any atom is -0.382 e. The second-order valence-electron chi connectivity index (χ2n) is 5.11. The Morgan fingerprint density at radius 3 is 2.39 bits per heavy atom. The molecule has 6 heteroatoms. The van der Waals surface area contributed by atoms with Gasteiger partial charge in [-0.1, -0.05) is 23.7 Å². The maximum atomic E-state index is 5.88. The summed E-state index contributed by atoms with van der Waals surface area (Å²) in [5, 5.41) is 7.37. The van der Waals surface area contributed by atoms with E-state index in [1.54, 1.807) is 14.2 Å². The number of hydrogen-bond donors (Lipinski definition) is 2. The van der Waals surface area contributed by atoms with Gasteiger partial charge in [0.05, 0.1) is 13.2 Å². The van der Waals surface area contributed by atoms with Crippen molar-refractivity contribution in [2.24, 2.45) is 4.99 Å². The molecule has 0 heterocycles. The van der Waals surface area contributed by atoms with Gasteiger partial charge in [0.25, 0.3) is 0 Å². The van der Waals surface area contributed by atoms with E-state index >= 15 is 0 Å². The molecule has 5 nitrogen and oxygen atoms in total. The van der Waals surface area contributed by atoms with Crippen LogP contribution in [-0.4, -0.2) is 53.0 Å². The van der Waals surface area contributed by atoms with Gasteiger partial charge in [-0.3, -0.25) is 4.99 Å². The van der Waals surface area contributed by atoms with Crippen molar-refractivity contribution in [1.82, 2.24) is 10.6 Å². The molecule has 1 rings (SSSR count). The molecule has 2 N–H and O–H groups in total. The summed E-state index contributed by atoms with van der Waals surface area (Å²) in [5.74, 6) is 0.831. The van der Waals surface area contributed by atoms with Crippen LogP contribution in [0.25, 0.3) is 0 Å². The number of benzene rings is 1. The Labute approximate surface area is 144 Å². The molecule has 0 aliphatic heterocycles. The monoisotopic (exact) mass is 341 g/mol. The minimum atomic E-state index is 0.643. The quantitative estimate of drug-likeness (QED) is 0.369. The third kappa shape index (κ3) is 10.2. The van der Waals surface area contributed by atoms with E-state index in [2.05, 4.69) is 27.8 Å². The van der Waals surface area contributed by atoms with E-state index in [1.807, 2.05) is 12.1 Å². The van der Waals surface area contributed by atoms with Gasteiger partial charge in [0.15, 0.2) is 5.96 Å². The molecule has 23 heavy (non-hydrogen) atoms. The summed E-state index contributed by atoms with van der Waals surface area (Å²) >= 11 is 5.88. The Bertz CT molecular complexity index is 438. The Hall–Kier alpha value is -1.30. The Morgan fingerprint density at radius 2 is 1.74 bits per heavy atom. The van der Waals surface area contributed by atoms with E-state index in [0.717, 1.165) is 49.9 Å². The lowest BCUT2D eigenvalue weighted by Gasteiger charge is -2.12. The van der Waals surface area contributed by atoms with Crippen LogP contribution >= 0.6 is 11.6 Å². The lowest BCUT2D eigenvalue weighted by Crippen LogP contribution is -2.38. The Morgan fingerprint density at radius 1 is 1.04 bits per heavy atom. The first-order valence-electron chi connectivity index (χ1n) is 8.02. The summed E-state index contributed by atoms with van der Waals surface area (Å²) < 4.78 is 10.3. The predicted molar refractivity (Wildman–Crippen MR) is 96.4 cm³/mol. The maximum Gasteiger partial charge on any atom is 0.190 e. The van der Waals surface area contributed by atoms with Crippen LogP contribution in [0.2, 0.25) is 5.02 Å². The van der Waals surface area contributed by atoms with Gasteiger partial charge in [0.2, 0.25) is 0 Å². The van der Waals surface area contributed by atoms with Crippen molar-refractivity contribution in [3.05, 3.63) is 34.9 Å². The lowest BCUT2D eigenvalue weighted by atomic mass is 10.1. The first kappa shape index (κ1) is 19.7. The number of aliphatic imine (C=N–C) groups is 1. The largest absolute Gasteiger partial charge is 0.382 e. The number of ether oxygens (including phenoxy) is 2. The summed E-state index contributed by atoms with van der Waals surface area (Å²) in [6, 6.07) is 8.00. The van der Waals surface area contributed by atoms with Gasteiger partial charge < -0.3 is 20.1 Å². The molecule has 0 saturated carbocycles. The topological polar surface area (TPSA) is 54.9 Å². The third-order valence-corrected chi connectivity index (χ3v) is 3.51. The highest BCUT2D eigenvalue weighted by Crippen LogP contribution is 2.10. The molecule has 0 aliphatic rings. The average molecular weight is 342 g/mol. The van der Waals surface area contributed by atoms with Gasteiger partial charge in [0.1, 0.15) is 0 Å². The van der Waals surface area contributed by atoms with Crippen LogP contribution in [0.5, 0.6) is 0 Å². The van der Waals surface area contributed by atoms with Crippen molar-refractivity contribution in [2.75, 3.05) is 47.1 Å². The second-order valence-corrected chi connectivity index (χ2v) is 5.55. The fourth-order valence-corrected chi connectivity index (χ4v) is 2.12. The molecule has 0 bridgehead atoms. The van der Waals surface area contributed by atoms with Crippen molar-refractivity contribution in [1.29, 1.82) is 0 Å². The number of halogens is 1. The Kier molecular flexibility index (Phi) is 11.3. The highest BCUT2D eigenvalue weighted by molar-refractivity contribution is 6.30. The number of aryl methyl sites for hydroxylation is 1. The minimum absolute atomic E-state index is 0.643. The molecule has 1 aromatic carbocycles. The lowest BCUT2D eigenvalue weighted by molar-refractivity contribution is 0.0698. The van der Waals surface area contributed by atoms with Gasteiger partial charge >= 0.3 is 0 Å². The van der Waals surface area contributed by atoms with Crippen molar-refractivity contribution < 1.29 is 9.47 Å². The van der Waals surface area contributed by atoms with Crippen LogP contribution in [-0.2, 0) is 15.9 Å². The fraction of sp³-hybridized carbons (Fsp3) is 0.588. The molecule has 0 unspecified atom stereocenters. The van der Waals surface area contributed by atoms with E-state index in [0.29, 0.717) is 13.2 Å². The maximum absolute atomic E-state index is 5.88. The number of methoxy groups -OCH3 is 1. The zero-order valence-corrected chi connectivity index (χ0v) is 14.9. The molecule has 0 radical (unpaired) electrons. The zero-order valence-electron chi connectivity index (χ0n) is 14.1. The fourth-order valence-electron chi connectivity index (χ4n) is 2.00. The summed E-state index contributed by atoms with van der Waals surface area (Å²) in [7, 11) is 3.46. The number of nitrogens with zero attached hydrogens (tertiary/aromatic N) is 1. The van der Waals surface area contributed by atoms with Crippen molar-refractivity contribution in [2.45, 2.75) is 19.3 Å². The van der Waals surface area contributed by atoms with E-state index in [1.165, 1.54) is 5.56 Å². The molecule has 0 atom stereocenters. The standard InChI is InChI=1S/C17H28ClN3O2/c1-19-17(21-11-4-12-23-14-13-22-2)20-10-3-5-15-6-8-16(18)9-7-15/h6-9H,3-5,10-14H2,1-2H3,(H2,19,20,21). The SMILES string of the molecule is CN=C(NCCCOCCOC)NCCCc1ccc(Cl)cc1. The molecule has 0 aliphatic carbocycles. The molecule has 0 saturated heterocycles. The highest BCUT2D eigenvalue weighted by Gasteiger charge is 1.98. The normalized spacial score (nSPS) is 11.5. The van der Waals surface area contributed by atoms with E-state index < -0.39 is 0 Å². The van der Waals surface area contributed by atoms with E-state index in [4.69, 9.17) is 21.1 Å². The first-order chi connectivity index (χ1) is 11.3. The molecule has 0 spiro atoms. The summed E-state index contributed by atoms with van der Waals surface area (Å²) in [6.45, 7) is 3.73. The molecule has 1 aromatic rings. The van der Waals surface area contributed by atoms with Crippen LogP contribution < -0.4 is 10.6 Å². The first-order valence-corrected chi connectivity index (χ1v) is 8.39. The molecular weight excluding hydrogens is 314 g/mol. The summed E-state index contributed by atoms with van der Waals surface area (Å²) in [5.41, 5.74) is 1.30. The van der Waals surface area contributed by atoms with Crippen LogP contribution in [0.1, 0.15) is 18.4 Å². The molecule has 0 fully saturated rings. The van der Waals surface area contributed by atoms with Crippen LogP contribution in [0.4, 0.5) is 0 Å². The summed E-state index contributed by atoms with van der Waals surface area (Å²) in [6.07, 6.45) is 3.01. The second kappa shape index (κ2) is 13.2. The van der Waals surface area contributed by atoms with Gasteiger partial charge in [-0.15, -0.1) is 0 Å². The van der Waals surface area contributed by atoms with Crippen LogP contribution in [0, 0.1) is 0 Å². The van der Waals surface area contributed by atoms with Crippen molar-refractivity contribution >= 4 is 17.6 Å². The smallest absolute Gasteiger partial charge is 0.190 e. The number of hydrogen-bond acceptors (Lipinski definition) is 3. The van der Waals surface area contributed by atoms with Crippen molar-refractivity contribution in [3.63, 3.8) is 0 Å². The van der Waals surface area contributed by atoms with Gasteiger partial charge in [-0.05, 0) is 37.0 Å². The van der Waals surface area contributed by atoms with Gasteiger partial charge in [0, 0.05) is 38.9 Å². The van der Waals surface area contributed by atoms with Gasteiger partial charge in [-0.25, -0.2) is 0 Å². The molecule has 0 amide bonds. The van der Waals surface area contributed by atoms with Crippen LogP contribution in [0.15, 0.2) is 29.3 Å².